The summed E-state index contributed by atoms with van der Waals surface area (Å²) in [6.45, 7) is 5.27. The van der Waals surface area contributed by atoms with E-state index in [2.05, 4.69) is 23.4 Å². The highest BCUT2D eigenvalue weighted by molar-refractivity contribution is 6.30. The molecule has 0 spiro atoms. The predicted molar refractivity (Wildman–Crippen MR) is 63.8 cm³/mol. The summed E-state index contributed by atoms with van der Waals surface area (Å²) >= 11 is 6.13. The third-order valence-electron chi connectivity index (χ3n) is 3.04. The minimum Gasteiger partial charge on any atom is -0.330 e. The summed E-state index contributed by atoms with van der Waals surface area (Å²) in [5, 5.41) is 0.521. The van der Waals surface area contributed by atoms with Gasteiger partial charge in [0.1, 0.15) is 12.1 Å². The van der Waals surface area contributed by atoms with Crippen molar-refractivity contribution in [3.8, 4) is 0 Å². The van der Waals surface area contributed by atoms with Crippen LogP contribution in [0.2, 0.25) is 5.15 Å². The Morgan fingerprint density at radius 1 is 1.62 bits per heavy atom. The molecule has 1 aliphatic heterocycles. The van der Waals surface area contributed by atoms with E-state index in [-0.39, 0.29) is 5.92 Å². The third kappa shape index (κ3) is 2.01. The molecule has 0 aromatic carbocycles. The van der Waals surface area contributed by atoms with Gasteiger partial charge in [0.25, 0.3) is 0 Å². The van der Waals surface area contributed by atoms with Crippen molar-refractivity contribution in [2.24, 2.45) is 5.92 Å². The first-order chi connectivity index (χ1) is 7.63. The molecule has 0 radical (unpaired) electrons. The van der Waals surface area contributed by atoms with E-state index in [1.165, 1.54) is 0 Å². The maximum absolute atomic E-state index is 11.0. The number of nitrogens with zero attached hydrogens (tertiary/aromatic N) is 2. The Bertz CT molecular complexity index is 398. The summed E-state index contributed by atoms with van der Waals surface area (Å²) in [5.74, 6) is 1.52. The van der Waals surface area contributed by atoms with Crippen molar-refractivity contribution < 1.29 is 4.79 Å². The Hall–Kier alpha value is -0.830. The zero-order valence-electron chi connectivity index (χ0n) is 9.74. The molecule has 1 aliphatic rings. The van der Waals surface area contributed by atoms with Gasteiger partial charge in [-0.1, -0.05) is 25.4 Å². The van der Waals surface area contributed by atoms with Gasteiger partial charge in [-0.15, -0.1) is 0 Å². The Morgan fingerprint density at radius 3 is 3.00 bits per heavy atom. The summed E-state index contributed by atoms with van der Waals surface area (Å²) in [7, 11) is 0. The van der Waals surface area contributed by atoms with Gasteiger partial charge in [0.05, 0.1) is 11.6 Å². The molecule has 1 aromatic heterocycles. The van der Waals surface area contributed by atoms with Crippen molar-refractivity contribution >= 4 is 17.9 Å². The number of aromatic nitrogens is 2. The minimum absolute atomic E-state index is 0.0605. The maximum Gasteiger partial charge on any atom is 0.151 e. The molecule has 0 saturated carbocycles. The number of aldehydes is 1. The molecule has 1 aromatic rings. The van der Waals surface area contributed by atoms with Crippen LogP contribution in [-0.2, 0) is 17.8 Å². The lowest BCUT2D eigenvalue weighted by Gasteiger charge is -2.21. The highest BCUT2D eigenvalue weighted by atomic mass is 35.5. The van der Waals surface area contributed by atoms with Crippen LogP contribution in [0.25, 0.3) is 0 Å². The van der Waals surface area contributed by atoms with Crippen LogP contribution in [0.4, 0.5) is 0 Å². The molecule has 16 heavy (non-hydrogen) atoms. The maximum atomic E-state index is 11.0. The lowest BCUT2D eigenvalue weighted by molar-refractivity contribution is -0.109. The second-order valence-corrected chi connectivity index (χ2v) is 5.20. The SMILES string of the molecule is CC(C)Cc1nc(Cl)c2n1CCCC2C=O. The van der Waals surface area contributed by atoms with Crippen molar-refractivity contribution in [2.45, 2.75) is 45.6 Å². The molecule has 0 aliphatic carbocycles. The number of imidazole rings is 1. The average molecular weight is 241 g/mol. The summed E-state index contributed by atoms with van der Waals surface area (Å²) in [4.78, 5) is 15.4. The zero-order valence-corrected chi connectivity index (χ0v) is 10.5. The number of hydrogen-bond acceptors (Lipinski definition) is 2. The van der Waals surface area contributed by atoms with Gasteiger partial charge in [-0.25, -0.2) is 4.98 Å². The molecule has 0 bridgehead atoms. The van der Waals surface area contributed by atoms with Gasteiger partial charge in [0, 0.05) is 13.0 Å². The second kappa shape index (κ2) is 4.58. The number of carbonyl (C=O) groups is 1. The van der Waals surface area contributed by atoms with E-state index in [1.54, 1.807) is 0 Å². The summed E-state index contributed by atoms with van der Waals surface area (Å²) < 4.78 is 2.14. The number of rotatable bonds is 3. The fraction of sp³-hybridized carbons (Fsp3) is 0.667. The molecule has 3 nitrogen and oxygen atoms in total. The van der Waals surface area contributed by atoms with E-state index in [4.69, 9.17) is 11.6 Å². The molecule has 0 amide bonds. The first kappa shape index (κ1) is 11.6. The van der Waals surface area contributed by atoms with E-state index < -0.39 is 0 Å². The molecule has 2 rings (SSSR count). The van der Waals surface area contributed by atoms with E-state index >= 15 is 0 Å². The Morgan fingerprint density at radius 2 is 2.38 bits per heavy atom. The molecule has 0 fully saturated rings. The van der Waals surface area contributed by atoms with Gasteiger partial charge in [-0.05, 0) is 18.8 Å². The summed E-state index contributed by atoms with van der Waals surface area (Å²) in [6, 6.07) is 0. The second-order valence-electron chi connectivity index (χ2n) is 4.84. The summed E-state index contributed by atoms with van der Waals surface area (Å²) in [5.41, 5.74) is 0.929. The van der Waals surface area contributed by atoms with Gasteiger partial charge >= 0.3 is 0 Å². The van der Waals surface area contributed by atoms with Crippen molar-refractivity contribution in [1.29, 1.82) is 0 Å². The topological polar surface area (TPSA) is 34.9 Å². The van der Waals surface area contributed by atoms with Crippen LogP contribution in [0.1, 0.15) is 44.1 Å². The van der Waals surface area contributed by atoms with Gasteiger partial charge in [0.15, 0.2) is 5.15 Å². The normalized spacial score (nSPS) is 19.9. The largest absolute Gasteiger partial charge is 0.330 e. The first-order valence-corrected chi connectivity index (χ1v) is 6.21. The molecular weight excluding hydrogens is 224 g/mol. The van der Waals surface area contributed by atoms with Crippen molar-refractivity contribution in [1.82, 2.24) is 9.55 Å². The van der Waals surface area contributed by atoms with Crippen LogP contribution in [-0.4, -0.2) is 15.8 Å². The molecule has 1 atom stereocenters. The van der Waals surface area contributed by atoms with E-state index in [1.807, 2.05) is 0 Å². The molecule has 4 heteroatoms. The van der Waals surface area contributed by atoms with Crippen LogP contribution < -0.4 is 0 Å². The van der Waals surface area contributed by atoms with Crippen molar-refractivity contribution in [3.05, 3.63) is 16.7 Å². The quantitative estimate of drug-likeness (QED) is 0.762. The van der Waals surface area contributed by atoms with Gasteiger partial charge < -0.3 is 9.36 Å². The van der Waals surface area contributed by atoms with Crippen LogP contribution in [0.3, 0.4) is 0 Å². The fourth-order valence-corrected chi connectivity index (χ4v) is 2.68. The molecule has 0 N–H and O–H groups in total. The van der Waals surface area contributed by atoms with Crippen LogP contribution in [0, 0.1) is 5.92 Å². The van der Waals surface area contributed by atoms with Crippen molar-refractivity contribution in [3.63, 3.8) is 0 Å². The van der Waals surface area contributed by atoms with Gasteiger partial charge in [-0.3, -0.25) is 0 Å². The Labute approximate surface area is 101 Å². The third-order valence-corrected chi connectivity index (χ3v) is 3.32. The highest BCUT2D eigenvalue weighted by Crippen LogP contribution is 2.32. The highest BCUT2D eigenvalue weighted by Gasteiger charge is 2.26. The van der Waals surface area contributed by atoms with E-state index in [0.29, 0.717) is 11.1 Å². The standard InChI is InChI=1S/C12H17ClN2O/c1-8(2)6-10-14-12(13)11-9(7-16)4-3-5-15(10)11/h7-9H,3-6H2,1-2H3. The number of carbonyl (C=O) groups excluding carboxylic acids is 1. The Kier molecular flexibility index (Phi) is 3.33. The molecule has 0 saturated heterocycles. The average Bonchev–Trinajstić information content (AvgIpc) is 2.55. The first-order valence-electron chi connectivity index (χ1n) is 5.83. The van der Waals surface area contributed by atoms with Gasteiger partial charge in [-0.2, -0.15) is 0 Å². The van der Waals surface area contributed by atoms with Gasteiger partial charge in [0.2, 0.25) is 0 Å². The monoisotopic (exact) mass is 240 g/mol. The van der Waals surface area contributed by atoms with Crippen LogP contribution >= 0.6 is 11.6 Å². The zero-order chi connectivity index (χ0) is 11.7. The van der Waals surface area contributed by atoms with Crippen LogP contribution in [0.5, 0.6) is 0 Å². The lowest BCUT2D eigenvalue weighted by Crippen LogP contribution is -2.18. The molecular formula is C12H17ClN2O. The summed E-state index contributed by atoms with van der Waals surface area (Å²) in [6.07, 6.45) is 3.85. The molecule has 1 unspecified atom stereocenters. The fourth-order valence-electron chi connectivity index (χ4n) is 2.34. The number of hydrogen-bond donors (Lipinski definition) is 0. The lowest BCUT2D eigenvalue weighted by atomic mass is 9.98. The smallest absolute Gasteiger partial charge is 0.151 e. The molecule has 88 valence electrons. The Balaban J connectivity index is 2.40. The number of fused-ring (bicyclic) bond motifs is 1. The minimum atomic E-state index is -0.0605. The van der Waals surface area contributed by atoms with E-state index in [0.717, 1.165) is 43.6 Å². The van der Waals surface area contributed by atoms with Crippen molar-refractivity contribution in [2.75, 3.05) is 0 Å². The number of halogens is 1. The van der Waals surface area contributed by atoms with Crippen LogP contribution in [0.15, 0.2) is 0 Å². The molecule has 2 heterocycles. The predicted octanol–water partition coefficient (Wildman–Crippen LogP) is 2.81. The van der Waals surface area contributed by atoms with E-state index in [9.17, 15) is 4.79 Å².